The second-order valence-corrected chi connectivity index (χ2v) is 7.84. The summed E-state index contributed by atoms with van der Waals surface area (Å²) in [5.41, 5.74) is -1.07. The lowest BCUT2D eigenvalue weighted by Gasteiger charge is -2.19. The molecule has 0 spiro atoms. The van der Waals surface area contributed by atoms with E-state index in [1.165, 1.54) is 0 Å². The molecule has 0 fully saturated rings. The molecule has 0 radical (unpaired) electrons. The zero-order chi connectivity index (χ0) is 20.9. The highest BCUT2D eigenvalue weighted by atomic mass is 79.9. The van der Waals surface area contributed by atoms with Crippen molar-refractivity contribution in [3.8, 4) is 0 Å². The quantitative estimate of drug-likeness (QED) is 0.716. The molecule has 0 aliphatic carbocycles. The first-order valence-electron chi connectivity index (χ1n) is 8.30. The van der Waals surface area contributed by atoms with E-state index in [9.17, 15) is 18.4 Å². The van der Waals surface area contributed by atoms with E-state index in [2.05, 4.69) is 31.7 Å². The number of benzene rings is 1. The minimum atomic E-state index is -2.01. The van der Waals surface area contributed by atoms with E-state index in [0.717, 1.165) is 19.4 Å². The molecule has 1 amide bonds. The van der Waals surface area contributed by atoms with Gasteiger partial charge in [-0.15, -0.1) is 0 Å². The predicted molar refractivity (Wildman–Crippen MR) is 101 cm³/mol. The summed E-state index contributed by atoms with van der Waals surface area (Å²) in [6, 6.07) is 7.24. The Morgan fingerprint density at radius 1 is 1.25 bits per heavy atom. The van der Waals surface area contributed by atoms with Gasteiger partial charge in [0, 0.05) is 16.6 Å². The van der Waals surface area contributed by atoms with Gasteiger partial charge < -0.3 is 10.1 Å². The first kappa shape index (κ1) is 21.7. The van der Waals surface area contributed by atoms with E-state index in [0.29, 0.717) is 0 Å². The summed E-state index contributed by atoms with van der Waals surface area (Å²) >= 11 is 3.33. The third-order valence-corrected chi connectivity index (χ3v) is 3.87. The molecule has 1 aromatic heterocycles. The molecule has 28 heavy (non-hydrogen) atoms. The van der Waals surface area contributed by atoms with Crippen molar-refractivity contribution in [1.29, 1.82) is 0 Å². The largest absolute Gasteiger partial charge is 0.444 e. The molecule has 0 saturated carbocycles. The van der Waals surface area contributed by atoms with Crippen LogP contribution in [-0.2, 0) is 17.8 Å². The maximum atomic E-state index is 13.2. The monoisotopic (exact) mass is 459 g/mol. The number of aromatic nitrogens is 4. The SMILES string of the molecule is CC(C)(C)OC(=O)NCC(Cn1nnn(Cc2cccc(Br)c2)c1=O)=C(F)F. The normalized spacial score (nSPS) is 11.2. The molecular formula is C17H20BrF2N5O3. The molecule has 1 aromatic carbocycles. The standard InChI is InChI=1S/C17H20BrF2N5O3/c1-17(2,3)28-15(26)21-8-12(14(19)20)10-25-16(27)24(22-23-25)9-11-5-4-6-13(18)7-11/h4-7H,8-10H2,1-3H3,(H,21,26). The minimum absolute atomic E-state index is 0.144. The molecule has 0 bridgehead atoms. The van der Waals surface area contributed by atoms with Crippen molar-refractivity contribution in [2.45, 2.75) is 39.5 Å². The highest BCUT2D eigenvalue weighted by Gasteiger charge is 2.18. The molecular weight excluding hydrogens is 440 g/mol. The number of amides is 1. The summed E-state index contributed by atoms with van der Waals surface area (Å²) in [6.07, 6.45) is -2.85. The number of nitrogens with zero attached hydrogens (tertiary/aromatic N) is 4. The van der Waals surface area contributed by atoms with Gasteiger partial charge in [0.1, 0.15) is 5.60 Å². The van der Waals surface area contributed by atoms with Gasteiger partial charge in [-0.05, 0) is 48.9 Å². The molecule has 8 nitrogen and oxygen atoms in total. The number of rotatable bonds is 6. The second-order valence-electron chi connectivity index (χ2n) is 6.93. The van der Waals surface area contributed by atoms with E-state index in [1.807, 2.05) is 12.1 Å². The van der Waals surface area contributed by atoms with Crippen LogP contribution in [0.25, 0.3) is 0 Å². The number of carbonyl (C=O) groups is 1. The summed E-state index contributed by atoms with van der Waals surface area (Å²) in [5.74, 6) is 0. The van der Waals surface area contributed by atoms with E-state index < -0.39 is 42.1 Å². The Bertz CT molecular complexity index is 929. The van der Waals surface area contributed by atoms with Crippen molar-refractivity contribution in [3.63, 3.8) is 0 Å². The molecule has 2 aromatic rings. The number of nitrogens with one attached hydrogen (secondary N) is 1. The zero-order valence-corrected chi connectivity index (χ0v) is 17.2. The van der Waals surface area contributed by atoms with Gasteiger partial charge in [-0.1, -0.05) is 28.1 Å². The van der Waals surface area contributed by atoms with Crippen LogP contribution >= 0.6 is 15.9 Å². The van der Waals surface area contributed by atoms with Crippen molar-refractivity contribution in [2.24, 2.45) is 0 Å². The van der Waals surface area contributed by atoms with E-state index in [-0.39, 0.29) is 6.54 Å². The summed E-state index contributed by atoms with van der Waals surface area (Å²) in [7, 11) is 0. The number of alkyl carbamates (subject to hydrolysis) is 1. The van der Waals surface area contributed by atoms with Gasteiger partial charge in [-0.3, -0.25) is 0 Å². The molecule has 0 aliphatic rings. The van der Waals surface area contributed by atoms with Crippen LogP contribution in [0.2, 0.25) is 0 Å². The third-order valence-electron chi connectivity index (χ3n) is 3.37. The Kier molecular flexibility index (Phi) is 7.05. The summed E-state index contributed by atoms with van der Waals surface area (Å²) in [4.78, 5) is 24.0. The van der Waals surface area contributed by atoms with Crippen LogP contribution in [0, 0.1) is 0 Å². The van der Waals surface area contributed by atoms with Crippen molar-refractivity contribution < 1.29 is 18.3 Å². The molecule has 1 heterocycles. The fourth-order valence-corrected chi connectivity index (χ4v) is 2.62. The second kappa shape index (κ2) is 9.09. The van der Waals surface area contributed by atoms with Gasteiger partial charge in [-0.2, -0.15) is 18.1 Å². The number of halogens is 3. The maximum Gasteiger partial charge on any atom is 0.407 e. The van der Waals surface area contributed by atoms with Crippen LogP contribution in [0.3, 0.4) is 0 Å². The van der Waals surface area contributed by atoms with Gasteiger partial charge in [0.05, 0.1) is 13.1 Å². The van der Waals surface area contributed by atoms with Gasteiger partial charge in [0.2, 0.25) is 0 Å². The Morgan fingerprint density at radius 2 is 1.93 bits per heavy atom. The fourth-order valence-electron chi connectivity index (χ4n) is 2.17. The number of carbonyl (C=O) groups excluding carboxylic acids is 1. The number of hydrogen-bond acceptors (Lipinski definition) is 5. The van der Waals surface area contributed by atoms with Gasteiger partial charge in [0.25, 0.3) is 6.08 Å². The van der Waals surface area contributed by atoms with Crippen LogP contribution in [0.15, 0.2) is 45.2 Å². The summed E-state index contributed by atoms with van der Waals surface area (Å²) < 4.78 is 34.1. The van der Waals surface area contributed by atoms with E-state index in [1.54, 1.807) is 32.9 Å². The Hall–Kier alpha value is -2.56. The highest BCUT2D eigenvalue weighted by molar-refractivity contribution is 9.10. The first-order chi connectivity index (χ1) is 13.0. The predicted octanol–water partition coefficient (Wildman–Crippen LogP) is 2.93. The number of hydrogen-bond donors (Lipinski definition) is 1. The van der Waals surface area contributed by atoms with E-state index >= 15 is 0 Å². The summed E-state index contributed by atoms with van der Waals surface area (Å²) in [5, 5.41) is 9.59. The van der Waals surface area contributed by atoms with Crippen LogP contribution in [0.1, 0.15) is 26.3 Å². The van der Waals surface area contributed by atoms with Crippen LogP contribution in [0.4, 0.5) is 13.6 Å². The number of ether oxygens (including phenoxy) is 1. The molecule has 11 heteroatoms. The van der Waals surface area contributed by atoms with Crippen LogP contribution in [-0.4, -0.2) is 38.0 Å². The Balaban J connectivity index is 2.06. The molecule has 1 N–H and O–H groups in total. The summed E-state index contributed by atoms with van der Waals surface area (Å²) in [6.45, 7) is 4.12. The Morgan fingerprint density at radius 3 is 2.54 bits per heavy atom. The Labute approximate surface area is 168 Å². The minimum Gasteiger partial charge on any atom is -0.444 e. The molecule has 0 saturated heterocycles. The van der Waals surface area contributed by atoms with Gasteiger partial charge >= 0.3 is 11.8 Å². The average Bonchev–Trinajstić information content (AvgIpc) is 2.90. The van der Waals surface area contributed by atoms with Gasteiger partial charge in [0.15, 0.2) is 0 Å². The van der Waals surface area contributed by atoms with Crippen molar-refractivity contribution in [2.75, 3.05) is 6.54 Å². The average molecular weight is 460 g/mol. The molecule has 0 atom stereocenters. The molecule has 152 valence electrons. The van der Waals surface area contributed by atoms with Crippen LogP contribution in [0.5, 0.6) is 0 Å². The highest BCUT2D eigenvalue weighted by Crippen LogP contribution is 2.12. The smallest absolute Gasteiger partial charge is 0.407 e. The lowest BCUT2D eigenvalue weighted by molar-refractivity contribution is 0.0531. The third kappa shape index (κ3) is 6.55. The fraction of sp³-hybridized carbons (Fsp3) is 0.412. The van der Waals surface area contributed by atoms with Crippen molar-refractivity contribution in [3.05, 3.63) is 56.4 Å². The maximum absolute atomic E-state index is 13.2. The van der Waals surface area contributed by atoms with Gasteiger partial charge in [-0.25, -0.2) is 9.59 Å². The van der Waals surface area contributed by atoms with Crippen molar-refractivity contribution in [1.82, 2.24) is 25.1 Å². The molecule has 2 rings (SSSR count). The lowest BCUT2D eigenvalue weighted by atomic mass is 10.2. The van der Waals surface area contributed by atoms with E-state index in [4.69, 9.17) is 4.74 Å². The first-order valence-corrected chi connectivity index (χ1v) is 9.09. The lowest BCUT2D eigenvalue weighted by Crippen LogP contribution is -2.35. The van der Waals surface area contributed by atoms with Crippen molar-refractivity contribution >= 4 is 22.0 Å². The molecule has 0 unspecified atom stereocenters. The van der Waals surface area contributed by atoms with Crippen LogP contribution < -0.4 is 11.0 Å². The molecule has 0 aliphatic heterocycles. The topological polar surface area (TPSA) is 91.0 Å². The number of tetrazole rings is 1. The zero-order valence-electron chi connectivity index (χ0n) is 15.6.